The van der Waals surface area contributed by atoms with Gasteiger partial charge in [-0.1, -0.05) is 6.07 Å². The topological polar surface area (TPSA) is 43.8 Å². The summed E-state index contributed by atoms with van der Waals surface area (Å²) in [5.74, 6) is -0.768. The molecular formula is C11H18N2O2S. The Labute approximate surface area is 100 Å². The van der Waals surface area contributed by atoms with E-state index in [-0.39, 0.29) is 6.54 Å². The molecule has 1 rings (SSSR count). The van der Waals surface area contributed by atoms with Crippen molar-refractivity contribution < 1.29 is 9.90 Å². The van der Waals surface area contributed by atoms with Crippen LogP contribution in [0.5, 0.6) is 0 Å². The number of hydrogen-bond donors (Lipinski definition) is 1. The van der Waals surface area contributed by atoms with Gasteiger partial charge in [-0.15, -0.1) is 11.3 Å². The first-order chi connectivity index (χ1) is 7.58. The first-order valence-electron chi connectivity index (χ1n) is 5.19. The monoisotopic (exact) mass is 242 g/mol. The largest absolute Gasteiger partial charge is 0.480 e. The number of carboxylic acids is 1. The molecule has 0 aliphatic carbocycles. The molecule has 5 heteroatoms. The molecule has 0 fully saturated rings. The molecule has 0 bridgehead atoms. The van der Waals surface area contributed by atoms with E-state index in [0.717, 1.165) is 19.6 Å². The van der Waals surface area contributed by atoms with E-state index < -0.39 is 5.97 Å². The van der Waals surface area contributed by atoms with Crippen LogP contribution in [0.4, 0.5) is 0 Å². The van der Waals surface area contributed by atoms with Crippen LogP contribution < -0.4 is 0 Å². The number of carbonyl (C=O) groups is 1. The summed E-state index contributed by atoms with van der Waals surface area (Å²) in [6.45, 7) is 2.47. The third-order valence-electron chi connectivity index (χ3n) is 2.18. The average molecular weight is 242 g/mol. The molecule has 90 valence electrons. The van der Waals surface area contributed by atoms with E-state index in [2.05, 4.69) is 4.90 Å². The van der Waals surface area contributed by atoms with Gasteiger partial charge < -0.3 is 10.0 Å². The Morgan fingerprint density at radius 2 is 2.19 bits per heavy atom. The van der Waals surface area contributed by atoms with Crippen molar-refractivity contribution in [2.24, 2.45) is 0 Å². The van der Waals surface area contributed by atoms with E-state index in [1.165, 1.54) is 4.88 Å². The van der Waals surface area contributed by atoms with Gasteiger partial charge >= 0.3 is 5.97 Å². The lowest BCUT2D eigenvalue weighted by Crippen LogP contribution is -2.34. The Kier molecular flexibility index (Phi) is 5.45. The van der Waals surface area contributed by atoms with Crippen molar-refractivity contribution in [3.05, 3.63) is 22.4 Å². The molecule has 0 radical (unpaired) electrons. The molecule has 0 aromatic carbocycles. The first kappa shape index (κ1) is 13.2. The molecule has 0 aliphatic rings. The maximum Gasteiger partial charge on any atom is 0.317 e. The van der Waals surface area contributed by atoms with Gasteiger partial charge in [0.1, 0.15) is 0 Å². The molecule has 1 heterocycles. The second-order valence-electron chi connectivity index (χ2n) is 3.99. The molecule has 0 aliphatic heterocycles. The van der Waals surface area contributed by atoms with E-state index in [4.69, 9.17) is 5.11 Å². The summed E-state index contributed by atoms with van der Waals surface area (Å²) in [5, 5.41) is 10.8. The van der Waals surface area contributed by atoms with Gasteiger partial charge in [-0.05, 0) is 25.5 Å². The third-order valence-corrected chi connectivity index (χ3v) is 3.04. The number of likely N-dealkylation sites (N-methyl/N-ethyl adjacent to an activating group) is 1. The quantitative estimate of drug-likeness (QED) is 0.780. The Bertz CT molecular complexity index is 312. The van der Waals surface area contributed by atoms with Crippen LogP contribution in [-0.4, -0.2) is 54.6 Å². The van der Waals surface area contributed by atoms with Crippen molar-refractivity contribution in [1.29, 1.82) is 0 Å². The number of hydrogen-bond acceptors (Lipinski definition) is 4. The molecule has 4 nitrogen and oxygen atoms in total. The van der Waals surface area contributed by atoms with Crippen molar-refractivity contribution >= 4 is 17.3 Å². The van der Waals surface area contributed by atoms with Gasteiger partial charge in [-0.3, -0.25) is 9.69 Å². The Hall–Kier alpha value is -0.910. The van der Waals surface area contributed by atoms with Crippen LogP contribution in [-0.2, 0) is 11.3 Å². The van der Waals surface area contributed by atoms with E-state index >= 15 is 0 Å². The predicted molar refractivity (Wildman–Crippen MR) is 65.8 cm³/mol. The highest BCUT2D eigenvalue weighted by Crippen LogP contribution is 2.11. The maximum atomic E-state index is 10.7. The van der Waals surface area contributed by atoms with Gasteiger partial charge in [-0.2, -0.15) is 0 Å². The fraction of sp³-hybridized carbons (Fsp3) is 0.545. The van der Waals surface area contributed by atoms with Crippen LogP contribution in [0.15, 0.2) is 17.5 Å². The van der Waals surface area contributed by atoms with Crippen molar-refractivity contribution in [3.63, 3.8) is 0 Å². The summed E-state index contributed by atoms with van der Waals surface area (Å²) in [5.41, 5.74) is 0. The van der Waals surface area contributed by atoms with E-state index in [1.807, 2.05) is 36.5 Å². The van der Waals surface area contributed by atoms with Gasteiger partial charge in [0, 0.05) is 24.5 Å². The lowest BCUT2D eigenvalue weighted by molar-refractivity contribution is -0.138. The lowest BCUT2D eigenvalue weighted by Gasteiger charge is -2.21. The van der Waals surface area contributed by atoms with Crippen LogP contribution >= 0.6 is 11.3 Å². The van der Waals surface area contributed by atoms with Crippen molar-refractivity contribution in [2.45, 2.75) is 6.54 Å². The highest BCUT2D eigenvalue weighted by Gasteiger charge is 2.10. The van der Waals surface area contributed by atoms with Gasteiger partial charge in [-0.25, -0.2) is 0 Å². The molecular weight excluding hydrogens is 224 g/mol. The molecule has 1 aromatic heterocycles. The van der Waals surface area contributed by atoms with E-state index in [1.54, 1.807) is 11.3 Å². The molecule has 1 aromatic rings. The van der Waals surface area contributed by atoms with Crippen molar-refractivity contribution in [1.82, 2.24) is 9.80 Å². The van der Waals surface area contributed by atoms with Gasteiger partial charge in [0.05, 0.1) is 6.54 Å². The fourth-order valence-corrected chi connectivity index (χ4v) is 2.12. The average Bonchev–Trinajstić information content (AvgIpc) is 2.66. The van der Waals surface area contributed by atoms with E-state index in [9.17, 15) is 4.79 Å². The molecule has 0 spiro atoms. The molecule has 0 saturated carbocycles. The van der Waals surface area contributed by atoms with Gasteiger partial charge in [0.15, 0.2) is 0 Å². The summed E-state index contributed by atoms with van der Waals surface area (Å²) in [6, 6.07) is 4.03. The van der Waals surface area contributed by atoms with Crippen LogP contribution in [0.1, 0.15) is 4.88 Å². The lowest BCUT2D eigenvalue weighted by atomic mass is 10.4. The molecule has 0 saturated heterocycles. The minimum Gasteiger partial charge on any atom is -0.480 e. The minimum absolute atomic E-state index is 0.103. The number of thiophene rings is 1. The number of rotatable bonds is 7. The normalized spacial score (nSPS) is 11.2. The highest BCUT2D eigenvalue weighted by atomic mass is 32.1. The Morgan fingerprint density at radius 3 is 2.69 bits per heavy atom. The number of aliphatic carboxylic acids is 1. The van der Waals surface area contributed by atoms with Crippen LogP contribution in [0.3, 0.4) is 0 Å². The molecule has 0 unspecified atom stereocenters. The highest BCUT2D eigenvalue weighted by molar-refractivity contribution is 7.09. The predicted octanol–water partition coefficient (Wildman–Crippen LogP) is 1.20. The third kappa shape index (κ3) is 5.25. The van der Waals surface area contributed by atoms with Gasteiger partial charge in [0.25, 0.3) is 0 Å². The summed E-state index contributed by atoms with van der Waals surface area (Å²) in [7, 11) is 3.98. The van der Waals surface area contributed by atoms with Crippen LogP contribution in [0.2, 0.25) is 0 Å². The summed E-state index contributed by atoms with van der Waals surface area (Å²) in [6.07, 6.45) is 0. The van der Waals surface area contributed by atoms with Crippen LogP contribution in [0.25, 0.3) is 0 Å². The molecule has 16 heavy (non-hydrogen) atoms. The van der Waals surface area contributed by atoms with Crippen LogP contribution in [0, 0.1) is 0 Å². The fourth-order valence-electron chi connectivity index (χ4n) is 1.37. The molecule has 0 atom stereocenters. The second-order valence-corrected chi connectivity index (χ2v) is 5.02. The zero-order valence-corrected chi connectivity index (χ0v) is 10.5. The minimum atomic E-state index is -0.768. The number of carboxylic acid groups (broad SMARTS) is 1. The first-order valence-corrected chi connectivity index (χ1v) is 6.07. The van der Waals surface area contributed by atoms with Crippen molar-refractivity contribution in [3.8, 4) is 0 Å². The summed E-state index contributed by atoms with van der Waals surface area (Å²) >= 11 is 1.66. The summed E-state index contributed by atoms with van der Waals surface area (Å²) < 4.78 is 0. The summed E-state index contributed by atoms with van der Waals surface area (Å²) in [4.78, 5) is 16.0. The SMILES string of the molecule is CN(C)CCN(CC(=O)O)Cc1cccs1. The smallest absolute Gasteiger partial charge is 0.317 e. The van der Waals surface area contributed by atoms with Gasteiger partial charge in [0.2, 0.25) is 0 Å². The Morgan fingerprint density at radius 1 is 1.44 bits per heavy atom. The molecule has 1 N–H and O–H groups in total. The number of nitrogens with zero attached hydrogens (tertiary/aromatic N) is 2. The van der Waals surface area contributed by atoms with Crippen molar-refractivity contribution in [2.75, 3.05) is 33.7 Å². The molecule has 0 amide bonds. The standard InChI is InChI=1S/C11H18N2O2S/c1-12(2)5-6-13(9-11(14)15)8-10-4-3-7-16-10/h3-4,7H,5-6,8-9H2,1-2H3,(H,14,15). The van der Waals surface area contributed by atoms with E-state index in [0.29, 0.717) is 0 Å². The second kappa shape index (κ2) is 6.62. The zero-order valence-electron chi connectivity index (χ0n) is 9.72. The maximum absolute atomic E-state index is 10.7. The zero-order chi connectivity index (χ0) is 12.0. The Balaban J connectivity index is 2.46.